The number of hydrogen-bond acceptors (Lipinski definition) is 5. The molecule has 150 valence electrons. The van der Waals surface area contributed by atoms with Crippen molar-refractivity contribution in [2.45, 2.75) is 45.6 Å². The van der Waals surface area contributed by atoms with E-state index >= 15 is 0 Å². The molecule has 0 bridgehead atoms. The maximum atomic E-state index is 12.1. The fraction of sp³-hybridized carbons (Fsp3) is 0.526. The van der Waals surface area contributed by atoms with Crippen molar-refractivity contribution in [3.05, 3.63) is 29.8 Å². The summed E-state index contributed by atoms with van der Waals surface area (Å²) in [4.78, 5) is 36.1. The minimum atomic E-state index is -1.02. The number of likely N-dealkylation sites (N-methyl/N-ethyl adjacent to an activating group) is 1. The van der Waals surface area contributed by atoms with Crippen LogP contribution in [-0.2, 0) is 16.0 Å². The normalized spacial score (nSPS) is 11.6. The summed E-state index contributed by atoms with van der Waals surface area (Å²) in [6.07, 6.45) is 1.65. The first kappa shape index (κ1) is 22.4. The molecule has 0 spiro atoms. The Balaban J connectivity index is 2.70. The highest BCUT2D eigenvalue weighted by Crippen LogP contribution is 2.13. The molecular formula is C19H29N3O5. The number of urea groups is 1. The smallest absolute Gasteiger partial charge is 0.349 e. The van der Waals surface area contributed by atoms with Crippen molar-refractivity contribution in [1.82, 2.24) is 15.7 Å². The number of nitrogens with one attached hydrogen (secondary N) is 2. The van der Waals surface area contributed by atoms with Crippen LogP contribution >= 0.6 is 0 Å². The molecule has 0 aliphatic rings. The van der Waals surface area contributed by atoms with Crippen molar-refractivity contribution in [1.29, 1.82) is 0 Å². The van der Waals surface area contributed by atoms with Crippen LogP contribution in [0.2, 0.25) is 0 Å². The van der Waals surface area contributed by atoms with Crippen LogP contribution in [0.3, 0.4) is 0 Å². The van der Waals surface area contributed by atoms with Crippen LogP contribution in [0.1, 0.15) is 38.7 Å². The van der Waals surface area contributed by atoms with Crippen LogP contribution in [0.15, 0.2) is 24.3 Å². The number of amides is 4. The number of carbonyl (C=O) groups is 3. The van der Waals surface area contributed by atoms with Crippen molar-refractivity contribution in [2.24, 2.45) is 5.92 Å². The number of hydrogen-bond donors (Lipinski definition) is 3. The van der Waals surface area contributed by atoms with Gasteiger partial charge in [0.05, 0.1) is 7.11 Å². The molecule has 0 heterocycles. The number of rotatable bonds is 9. The molecule has 0 radical (unpaired) electrons. The number of carbonyl (C=O) groups excluding carboxylic acids is 3. The standard InChI is InChI=1S/C19H29N3O5/c1-13(2)6-5-7-17(23)22(26)19(25)21-16(18(24)20-3)12-14-8-10-15(27-4)11-9-14/h8-11,13,16,26H,5-7,12H2,1-4H3,(H,20,24)(H,21,25)/t16-/m0/s1. The minimum absolute atomic E-state index is 0.0459. The quantitative estimate of drug-likeness (QED) is 0.450. The van der Waals surface area contributed by atoms with E-state index in [-0.39, 0.29) is 17.9 Å². The largest absolute Gasteiger partial charge is 0.497 e. The summed E-state index contributed by atoms with van der Waals surface area (Å²) in [5.41, 5.74) is 0.789. The van der Waals surface area contributed by atoms with Gasteiger partial charge in [-0.05, 0) is 30.0 Å². The summed E-state index contributed by atoms with van der Waals surface area (Å²) < 4.78 is 5.09. The van der Waals surface area contributed by atoms with Gasteiger partial charge in [0.15, 0.2) is 0 Å². The van der Waals surface area contributed by atoms with Crippen LogP contribution in [0.4, 0.5) is 4.79 Å². The SMILES string of the molecule is CNC(=O)[C@H](Cc1ccc(OC)cc1)NC(=O)N(O)C(=O)CCCC(C)C. The van der Waals surface area contributed by atoms with Crippen molar-refractivity contribution in [3.63, 3.8) is 0 Å². The molecule has 3 N–H and O–H groups in total. The first-order valence-electron chi connectivity index (χ1n) is 8.95. The second-order valence-corrected chi connectivity index (χ2v) is 6.66. The van der Waals surface area contributed by atoms with Crippen molar-refractivity contribution < 1.29 is 24.3 Å². The van der Waals surface area contributed by atoms with Crippen LogP contribution in [0, 0.1) is 5.92 Å². The average Bonchev–Trinajstić information content (AvgIpc) is 2.66. The number of hydroxylamine groups is 2. The molecule has 8 nitrogen and oxygen atoms in total. The maximum Gasteiger partial charge on any atom is 0.349 e. The molecule has 0 aliphatic heterocycles. The van der Waals surface area contributed by atoms with Gasteiger partial charge in [0.2, 0.25) is 5.91 Å². The summed E-state index contributed by atoms with van der Waals surface area (Å²) in [6, 6.07) is 5.08. The van der Waals surface area contributed by atoms with E-state index in [0.717, 1.165) is 12.0 Å². The fourth-order valence-corrected chi connectivity index (χ4v) is 2.47. The predicted octanol–water partition coefficient (Wildman–Crippen LogP) is 2.11. The average molecular weight is 379 g/mol. The topological polar surface area (TPSA) is 108 Å². The zero-order valence-corrected chi connectivity index (χ0v) is 16.3. The molecule has 0 aliphatic carbocycles. The Morgan fingerprint density at radius 1 is 1.19 bits per heavy atom. The number of methoxy groups -OCH3 is 1. The lowest BCUT2D eigenvalue weighted by atomic mass is 10.1. The van der Waals surface area contributed by atoms with Gasteiger partial charge >= 0.3 is 6.03 Å². The lowest BCUT2D eigenvalue weighted by molar-refractivity contribution is -0.153. The molecule has 4 amide bonds. The third-order valence-corrected chi connectivity index (χ3v) is 4.06. The first-order valence-corrected chi connectivity index (χ1v) is 8.95. The molecular weight excluding hydrogens is 350 g/mol. The second-order valence-electron chi connectivity index (χ2n) is 6.66. The summed E-state index contributed by atoms with van der Waals surface area (Å²) in [5, 5.41) is 14.7. The number of nitrogens with zero attached hydrogens (tertiary/aromatic N) is 1. The summed E-state index contributed by atoms with van der Waals surface area (Å²) in [6.45, 7) is 4.06. The van der Waals surface area contributed by atoms with Gasteiger partial charge in [0.1, 0.15) is 11.8 Å². The molecule has 0 aromatic heterocycles. The molecule has 27 heavy (non-hydrogen) atoms. The van der Waals surface area contributed by atoms with E-state index in [0.29, 0.717) is 18.1 Å². The van der Waals surface area contributed by atoms with Gasteiger partial charge in [-0.25, -0.2) is 4.79 Å². The highest BCUT2D eigenvalue weighted by molar-refractivity contribution is 5.95. The Morgan fingerprint density at radius 3 is 2.33 bits per heavy atom. The monoisotopic (exact) mass is 379 g/mol. The van der Waals surface area contributed by atoms with Crippen LogP contribution < -0.4 is 15.4 Å². The Bertz CT molecular complexity index is 631. The van der Waals surface area contributed by atoms with Gasteiger partial charge in [0, 0.05) is 19.9 Å². The Hall–Kier alpha value is -2.61. The fourth-order valence-electron chi connectivity index (χ4n) is 2.47. The van der Waals surface area contributed by atoms with Crippen molar-refractivity contribution in [3.8, 4) is 5.75 Å². The zero-order valence-electron chi connectivity index (χ0n) is 16.3. The van der Waals surface area contributed by atoms with E-state index < -0.39 is 23.9 Å². The number of ether oxygens (including phenoxy) is 1. The molecule has 1 aromatic rings. The zero-order chi connectivity index (χ0) is 20.4. The minimum Gasteiger partial charge on any atom is -0.497 e. The van der Waals surface area contributed by atoms with E-state index in [1.54, 1.807) is 31.4 Å². The second kappa shape index (κ2) is 11.2. The highest BCUT2D eigenvalue weighted by atomic mass is 16.5. The molecule has 0 fully saturated rings. The molecule has 0 saturated carbocycles. The van der Waals surface area contributed by atoms with Crippen LogP contribution in [0.25, 0.3) is 0 Å². The van der Waals surface area contributed by atoms with Crippen molar-refractivity contribution >= 4 is 17.8 Å². The third kappa shape index (κ3) is 7.65. The van der Waals surface area contributed by atoms with E-state index in [1.165, 1.54) is 7.05 Å². The van der Waals surface area contributed by atoms with Crippen LogP contribution in [0.5, 0.6) is 5.75 Å². The first-order chi connectivity index (χ1) is 12.8. The maximum absolute atomic E-state index is 12.1. The molecule has 8 heteroatoms. The molecule has 1 rings (SSSR count). The lowest BCUT2D eigenvalue weighted by Crippen LogP contribution is -2.52. The summed E-state index contributed by atoms with van der Waals surface area (Å²) in [5.74, 6) is -0.0261. The van der Waals surface area contributed by atoms with E-state index in [1.807, 2.05) is 13.8 Å². The molecule has 0 saturated heterocycles. The summed E-state index contributed by atoms with van der Waals surface area (Å²) in [7, 11) is 3.00. The number of imide groups is 1. The van der Waals surface area contributed by atoms with Gasteiger partial charge in [-0.2, -0.15) is 0 Å². The van der Waals surface area contributed by atoms with E-state index in [9.17, 15) is 19.6 Å². The molecule has 0 unspecified atom stereocenters. The van der Waals surface area contributed by atoms with Gasteiger partial charge in [-0.15, -0.1) is 5.06 Å². The van der Waals surface area contributed by atoms with Crippen LogP contribution in [-0.4, -0.2) is 48.3 Å². The Morgan fingerprint density at radius 2 is 1.81 bits per heavy atom. The summed E-state index contributed by atoms with van der Waals surface area (Å²) >= 11 is 0. The Labute approximate surface area is 159 Å². The Kier molecular flexibility index (Phi) is 9.29. The highest BCUT2D eigenvalue weighted by Gasteiger charge is 2.25. The number of benzene rings is 1. The third-order valence-electron chi connectivity index (χ3n) is 4.06. The van der Waals surface area contributed by atoms with Gasteiger partial charge in [-0.3, -0.25) is 14.8 Å². The van der Waals surface area contributed by atoms with Crippen molar-refractivity contribution in [2.75, 3.05) is 14.2 Å². The van der Waals surface area contributed by atoms with Gasteiger partial charge < -0.3 is 15.4 Å². The molecule has 1 atom stereocenters. The predicted molar refractivity (Wildman–Crippen MR) is 100 cm³/mol. The van der Waals surface area contributed by atoms with Gasteiger partial charge in [-0.1, -0.05) is 32.4 Å². The lowest BCUT2D eigenvalue weighted by Gasteiger charge is -2.20. The van der Waals surface area contributed by atoms with E-state index in [2.05, 4.69) is 10.6 Å². The van der Waals surface area contributed by atoms with Gasteiger partial charge in [0.25, 0.3) is 5.91 Å². The molecule has 1 aromatic carbocycles. The van der Waals surface area contributed by atoms with E-state index in [4.69, 9.17) is 4.74 Å².